The Morgan fingerprint density at radius 1 is 1.48 bits per heavy atom. The van der Waals surface area contributed by atoms with Crippen molar-refractivity contribution in [2.24, 2.45) is 0 Å². The maximum atomic E-state index is 11.2. The van der Waals surface area contributed by atoms with Crippen LogP contribution in [0.15, 0.2) is 46.9 Å². The highest BCUT2D eigenvalue weighted by molar-refractivity contribution is 8.02. The lowest BCUT2D eigenvalue weighted by Crippen LogP contribution is -2.08. The Labute approximate surface area is 135 Å². The predicted molar refractivity (Wildman–Crippen MR) is 92.6 cm³/mol. The molecule has 1 N–H and O–H groups in total. The van der Waals surface area contributed by atoms with Crippen molar-refractivity contribution in [3.05, 3.63) is 46.9 Å². The van der Waals surface area contributed by atoms with Gasteiger partial charge in [0.05, 0.1) is 6.61 Å². The molecule has 0 radical (unpaired) electrons. The number of esters is 1. The second kappa shape index (κ2) is 10.8. The van der Waals surface area contributed by atoms with Crippen molar-refractivity contribution in [3.8, 4) is 0 Å². The fourth-order valence-electron chi connectivity index (χ4n) is 1.52. The third-order valence-corrected chi connectivity index (χ3v) is 4.51. The van der Waals surface area contributed by atoms with Crippen LogP contribution in [0.2, 0.25) is 0 Å². The zero-order chi connectivity index (χ0) is 15.5. The van der Waals surface area contributed by atoms with Gasteiger partial charge in [0.15, 0.2) is 0 Å². The Morgan fingerprint density at radius 3 is 2.90 bits per heavy atom. The molecule has 0 aromatic rings. The summed E-state index contributed by atoms with van der Waals surface area (Å²) in [5.41, 5.74) is 3.02. The Morgan fingerprint density at radius 2 is 2.29 bits per heavy atom. The topological polar surface area (TPSA) is 46.5 Å². The lowest BCUT2D eigenvalue weighted by Gasteiger charge is -2.09. The molecule has 0 spiro atoms. The molecule has 0 aliphatic heterocycles. The maximum Gasteiger partial charge on any atom is 0.333 e. The van der Waals surface area contributed by atoms with Crippen molar-refractivity contribution in [3.63, 3.8) is 0 Å². The first-order valence-electron chi connectivity index (χ1n) is 6.82. The lowest BCUT2D eigenvalue weighted by atomic mass is 10.1. The Kier molecular flexibility index (Phi) is 9.30. The van der Waals surface area contributed by atoms with E-state index in [0.29, 0.717) is 12.2 Å². The molecule has 1 aliphatic carbocycles. The largest absolute Gasteiger partial charge is 0.461 e. The molecule has 0 unspecified atom stereocenters. The van der Waals surface area contributed by atoms with Gasteiger partial charge in [0, 0.05) is 22.8 Å². The molecule has 0 saturated heterocycles. The number of aliphatic hydroxyl groups is 1. The zero-order valence-corrected chi connectivity index (χ0v) is 14.0. The molecule has 0 heterocycles. The average Bonchev–Trinajstić information content (AvgIpc) is 2.48. The number of carbonyl (C=O) groups is 1. The first kappa shape index (κ1) is 18.1. The van der Waals surface area contributed by atoms with Crippen molar-refractivity contribution >= 4 is 29.5 Å². The fraction of sp³-hybridized carbons (Fsp3) is 0.438. The molecule has 5 heteroatoms. The Bertz CT molecular complexity index is 450. The summed E-state index contributed by atoms with van der Waals surface area (Å²) in [5, 5.41) is 10.8. The fourth-order valence-corrected chi connectivity index (χ4v) is 2.93. The highest BCUT2D eigenvalue weighted by atomic mass is 32.2. The average molecular weight is 326 g/mol. The van der Waals surface area contributed by atoms with Crippen LogP contribution in [0.5, 0.6) is 0 Å². The number of allylic oxidation sites excluding steroid dienone is 4. The van der Waals surface area contributed by atoms with Gasteiger partial charge in [-0.3, -0.25) is 0 Å². The molecule has 1 rings (SSSR count). The monoisotopic (exact) mass is 326 g/mol. The summed E-state index contributed by atoms with van der Waals surface area (Å²) >= 11 is 3.39. The number of hydrogen-bond acceptors (Lipinski definition) is 5. The molecule has 0 atom stereocenters. The van der Waals surface area contributed by atoms with Gasteiger partial charge in [-0.05, 0) is 29.9 Å². The van der Waals surface area contributed by atoms with Gasteiger partial charge in [0.2, 0.25) is 0 Å². The Hall–Kier alpha value is -0.910. The van der Waals surface area contributed by atoms with Gasteiger partial charge in [-0.25, -0.2) is 4.79 Å². The van der Waals surface area contributed by atoms with E-state index in [9.17, 15) is 4.79 Å². The van der Waals surface area contributed by atoms with Crippen LogP contribution in [-0.2, 0) is 9.53 Å². The van der Waals surface area contributed by atoms with Crippen molar-refractivity contribution in [1.82, 2.24) is 0 Å². The molecule has 3 nitrogen and oxygen atoms in total. The molecule has 0 bridgehead atoms. The van der Waals surface area contributed by atoms with Crippen LogP contribution in [-0.4, -0.2) is 41.5 Å². The van der Waals surface area contributed by atoms with Crippen LogP contribution in [0.1, 0.15) is 13.3 Å². The minimum atomic E-state index is -0.317. The summed E-state index contributed by atoms with van der Waals surface area (Å²) < 4.78 is 5.04. The molecule has 1 aliphatic rings. The van der Waals surface area contributed by atoms with Crippen LogP contribution >= 0.6 is 23.5 Å². The van der Waals surface area contributed by atoms with Gasteiger partial charge in [0.1, 0.15) is 6.61 Å². The van der Waals surface area contributed by atoms with E-state index < -0.39 is 0 Å². The van der Waals surface area contributed by atoms with E-state index in [1.54, 1.807) is 30.4 Å². The molecular formula is C16H22O3S2. The third-order valence-electron chi connectivity index (χ3n) is 2.63. The smallest absolute Gasteiger partial charge is 0.333 e. The van der Waals surface area contributed by atoms with Crippen LogP contribution in [0.25, 0.3) is 0 Å². The first-order chi connectivity index (χ1) is 10.1. The van der Waals surface area contributed by atoms with Gasteiger partial charge < -0.3 is 9.84 Å². The lowest BCUT2D eigenvalue weighted by molar-refractivity contribution is -0.138. The molecule has 0 aromatic heterocycles. The summed E-state index contributed by atoms with van der Waals surface area (Å²) in [6.45, 7) is 5.83. The summed E-state index contributed by atoms with van der Waals surface area (Å²) in [6.07, 6.45) is 7.41. The van der Waals surface area contributed by atoms with Crippen molar-refractivity contribution in [2.45, 2.75) is 13.3 Å². The van der Waals surface area contributed by atoms with Gasteiger partial charge in [-0.15, -0.1) is 11.8 Å². The molecular weight excluding hydrogens is 304 g/mol. The molecule has 0 aromatic carbocycles. The number of hydrogen-bond donors (Lipinski definition) is 1. The van der Waals surface area contributed by atoms with E-state index in [1.165, 1.54) is 11.1 Å². The van der Waals surface area contributed by atoms with E-state index in [4.69, 9.17) is 9.84 Å². The SMILES string of the molecule is C=C(C)C(=O)OCCSCC1=CCC(=CSCCO)C=C1. The van der Waals surface area contributed by atoms with Crippen molar-refractivity contribution in [2.75, 3.05) is 30.5 Å². The molecule has 0 saturated carbocycles. The van der Waals surface area contributed by atoms with Gasteiger partial charge in [0.25, 0.3) is 0 Å². The van der Waals surface area contributed by atoms with E-state index in [-0.39, 0.29) is 12.6 Å². The molecule has 116 valence electrons. The second-order valence-corrected chi connectivity index (χ2v) is 6.65. The standard InChI is InChI=1S/C16H22O3S2/c1-13(2)16(18)19-8-10-21-12-15-5-3-14(4-6-15)11-20-9-7-17/h3,5-6,11,17H,1,4,7-10,12H2,2H3. The van der Waals surface area contributed by atoms with Gasteiger partial charge >= 0.3 is 5.97 Å². The zero-order valence-electron chi connectivity index (χ0n) is 12.3. The van der Waals surface area contributed by atoms with Gasteiger partial charge in [-0.2, -0.15) is 11.8 Å². The molecule has 0 fully saturated rings. The summed E-state index contributed by atoms with van der Waals surface area (Å²) in [7, 11) is 0. The van der Waals surface area contributed by atoms with E-state index >= 15 is 0 Å². The number of aliphatic hydroxyl groups excluding tert-OH is 1. The van der Waals surface area contributed by atoms with Crippen LogP contribution in [0, 0.1) is 0 Å². The second-order valence-electron chi connectivity index (χ2n) is 4.57. The van der Waals surface area contributed by atoms with Crippen molar-refractivity contribution < 1.29 is 14.6 Å². The van der Waals surface area contributed by atoms with E-state index in [2.05, 4.69) is 30.2 Å². The quantitative estimate of drug-likeness (QED) is 0.400. The van der Waals surface area contributed by atoms with E-state index in [0.717, 1.165) is 23.7 Å². The highest BCUT2D eigenvalue weighted by Gasteiger charge is 2.04. The maximum absolute atomic E-state index is 11.2. The molecule has 21 heavy (non-hydrogen) atoms. The number of thioether (sulfide) groups is 2. The number of ether oxygens (including phenoxy) is 1. The van der Waals surface area contributed by atoms with Crippen LogP contribution in [0.4, 0.5) is 0 Å². The Balaban J connectivity index is 2.15. The summed E-state index contributed by atoms with van der Waals surface area (Å²) in [4.78, 5) is 11.2. The van der Waals surface area contributed by atoms with Crippen LogP contribution in [0.3, 0.4) is 0 Å². The minimum Gasteiger partial charge on any atom is -0.461 e. The first-order valence-corrected chi connectivity index (χ1v) is 9.03. The third kappa shape index (κ3) is 8.19. The van der Waals surface area contributed by atoms with E-state index in [1.807, 2.05) is 0 Å². The summed E-state index contributed by atoms with van der Waals surface area (Å²) in [5.74, 6) is 2.15. The minimum absolute atomic E-state index is 0.214. The summed E-state index contributed by atoms with van der Waals surface area (Å²) in [6, 6.07) is 0. The molecule has 0 amide bonds. The van der Waals surface area contributed by atoms with Gasteiger partial charge in [-0.1, -0.05) is 24.8 Å². The predicted octanol–water partition coefficient (Wildman–Crippen LogP) is 3.33. The number of rotatable bonds is 9. The number of carbonyl (C=O) groups excluding carboxylic acids is 1. The highest BCUT2D eigenvalue weighted by Crippen LogP contribution is 2.21. The van der Waals surface area contributed by atoms with Crippen LogP contribution < -0.4 is 0 Å². The normalized spacial score (nSPS) is 15.9. The van der Waals surface area contributed by atoms with Crippen molar-refractivity contribution in [1.29, 1.82) is 0 Å².